The molecule has 4 heteroatoms. The van der Waals surface area contributed by atoms with Crippen LogP contribution in [0.25, 0.3) is 0 Å². The third-order valence-electron chi connectivity index (χ3n) is 5.75. The van der Waals surface area contributed by atoms with Crippen LogP contribution in [0.5, 0.6) is 0 Å². The van der Waals surface area contributed by atoms with Crippen molar-refractivity contribution in [2.75, 3.05) is 13.1 Å². The van der Waals surface area contributed by atoms with Crippen molar-refractivity contribution in [3.05, 3.63) is 21.9 Å². The van der Waals surface area contributed by atoms with Gasteiger partial charge in [-0.2, -0.15) is 0 Å². The van der Waals surface area contributed by atoms with Crippen molar-refractivity contribution in [3.8, 4) is 0 Å². The van der Waals surface area contributed by atoms with Crippen LogP contribution in [0.3, 0.4) is 0 Å². The van der Waals surface area contributed by atoms with Crippen LogP contribution in [0, 0.1) is 11.3 Å². The Kier molecular flexibility index (Phi) is 3.34. The zero-order valence-corrected chi connectivity index (χ0v) is 13.3. The lowest BCUT2D eigenvalue weighted by Crippen LogP contribution is -2.50. The first-order valence-corrected chi connectivity index (χ1v) is 9.20. The minimum atomic E-state index is -0.249. The number of fused-ring (bicyclic) bond motifs is 1. The molecule has 0 bridgehead atoms. The molecule has 114 valence electrons. The minimum Gasteiger partial charge on any atom is -0.334 e. The first kappa shape index (κ1) is 13.8. The monoisotopic (exact) mass is 304 g/mol. The molecule has 21 heavy (non-hydrogen) atoms. The van der Waals surface area contributed by atoms with Crippen LogP contribution in [0.1, 0.15) is 55.0 Å². The second-order valence-electron chi connectivity index (χ2n) is 7.02. The summed E-state index contributed by atoms with van der Waals surface area (Å²) in [5.74, 6) is 1.05. The number of rotatable bonds is 3. The molecule has 3 nitrogen and oxygen atoms in total. The number of carbonyl (C=O) groups excluding carboxylic acids is 1. The number of hydrogen-bond donors (Lipinski definition) is 1. The van der Waals surface area contributed by atoms with Gasteiger partial charge in [0.05, 0.1) is 11.5 Å². The summed E-state index contributed by atoms with van der Waals surface area (Å²) in [7, 11) is 0. The lowest BCUT2D eigenvalue weighted by atomic mass is 9.82. The van der Waals surface area contributed by atoms with E-state index in [1.165, 1.54) is 23.3 Å². The Balaban J connectivity index is 1.66. The number of thiophene rings is 1. The molecule has 1 unspecified atom stereocenters. The maximum absolute atomic E-state index is 13.3. The Labute approximate surface area is 130 Å². The summed E-state index contributed by atoms with van der Waals surface area (Å²) in [6, 6.07) is 2.60. The maximum atomic E-state index is 13.3. The van der Waals surface area contributed by atoms with E-state index in [1.54, 1.807) is 0 Å². The smallest absolute Gasteiger partial charge is 0.230 e. The van der Waals surface area contributed by atoms with Gasteiger partial charge in [-0.25, -0.2) is 0 Å². The molecule has 1 aromatic rings. The molecule has 0 spiro atoms. The normalized spacial score (nSPS) is 27.7. The first-order valence-electron chi connectivity index (χ1n) is 8.32. The quantitative estimate of drug-likeness (QED) is 0.932. The average Bonchev–Trinajstić information content (AvgIpc) is 3.04. The Morgan fingerprint density at radius 1 is 1.38 bits per heavy atom. The summed E-state index contributed by atoms with van der Waals surface area (Å²) < 4.78 is 0. The highest BCUT2D eigenvalue weighted by Gasteiger charge is 2.48. The third kappa shape index (κ3) is 2.15. The highest BCUT2D eigenvalue weighted by molar-refractivity contribution is 7.10. The van der Waals surface area contributed by atoms with Crippen LogP contribution < -0.4 is 5.73 Å². The van der Waals surface area contributed by atoms with Crippen molar-refractivity contribution in [2.24, 2.45) is 17.1 Å². The van der Waals surface area contributed by atoms with Gasteiger partial charge < -0.3 is 10.6 Å². The Hall–Kier alpha value is -0.870. The van der Waals surface area contributed by atoms with Gasteiger partial charge in [0.2, 0.25) is 5.91 Å². The molecule has 2 fully saturated rings. The van der Waals surface area contributed by atoms with Gasteiger partial charge >= 0.3 is 0 Å². The number of amides is 1. The fourth-order valence-corrected chi connectivity index (χ4v) is 5.27. The number of carbonyl (C=O) groups is 1. The van der Waals surface area contributed by atoms with Crippen molar-refractivity contribution >= 4 is 17.2 Å². The van der Waals surface area contributed by atoms with Crippen LogP contribution in [0.15, 0.2) is 11.4 Å². The van der Waals surface area contributed by atoms with E-state index in [-0.39, 0.29) is 5.41 Å². The van der Waals surface area contributed by atoms with E-state index in [4.69, 9.17) is 5.73 Å². The van der Waals surface area contributed by atoms with Gasteiger partial charge in [-0.3, -0.25) is 4.79 Å². The maximum Gasteiger partial charge on any atom is 0.230 e. The van der Waals surface area contributed by atoms with Crippen LogP contribution in [-0.4, -0.2) is 23.9 Å². The summed E-state index contributed by atoms with van der Waals surface area (Å²) in [4.78, 5) is 17.0. The molecule has 1 amide bonds. The van der Waals surface area contributed by atoms with E-state index in [0.29, 0.717) is 24.4 Å². The number of nitrogens with zero attached hydrogens (tertiary/aromatic N) is 1. The van der Waals surface area contributed by atoms with E-state index in [1.807, 2.05) is 11.3 Å². The molecule has 0 aromatic carbocycles. The van der Waals surface area contributed by atoms with Crippen LogP contribution in [0.4, 0.5) is 0 Å². The van der Waals surface area contributed by atoms with Crippen LogP contribution in [-0.2, 0) is 11.2 Å². The van der Waals surface area contributed by atoms with Gasteiger partial charge in [-0.05, 0) is 55.0 Å². The standard InChI is InChI=1S/C17H24N2OS/c18-11-17(7-1-2-8-17)16(20)19-9-5-14-13(6-10-21-14)15(19)12-3-4-12/h6,10,12,15H,1-5,7-9,11,18H2. The predicted octanol–water partition coefficient (Wildman–Crippen LogP) is 3.10. The fraction of sp³-hybridized carbons (Fsp3) is 0.706. The summed E-state index contributed by atoms with van der Waals surface area (Å²) in [6.07, 6.45) is 7.89. The number of hydrogen-bond acceptors (Lipinski definition) is 3. The van der Waals surface area contributed by atoms with E-state index in [0.717, 1.165) is 38.6 Å². The molecule has 0 saturated heterocycles. The highest BCUT2D eigenvalue weighted by Crippen LogP contribution is 2.50. The Bertz CT molecular complexity index is 543. The lowest BCUT2D eigenvalue weighted by Gasteiger charge is -2.41. The van der Waals surface area contributed by atoms with Gasteiger partial charge in [0.15, 0.2) is 0 Å². The molecule has 1 aliphatic heterocycles. The zero-order valence-electron chi connectivity index (χ0n) is 12.5. The van der Waals surface area contributed by atoms with Gasteiger partial charge in [0.25, 0.3) is 0 Å². The van der Waals surface area contributed by atoms with Crippen molar-refractivity contribution in [3.63, 3.8) is 0 Å². The van der Waals surface area contributed by atoms with Gasteiger partial charge in [0.1, 0.15) is 0 Å². The Morgan fingerprint density at radius 2 is 2.14 bits per heavy atom. The van der Waals surface area contributed by atoms with E-state index >= 15 is 0 Å². The molecule has 2 heterocycles. The molecular weight excluding hydrogens is 280 g/mol. The molecule has 1 atom stereocenters. The van der Waals surface area contributed by atoms with Crippen molar-refractivity contribution in [1.82, 2.24) is 4.90 Å². The molecule has 2 N–H and O–H groups in total. The summed E-state index contributed by atoms with van der Waals surface area (Å²) in [5, 5.41) is 2.20. The molecule has 2 saturated carbocycles. The molecule has 2 aliphatic carbocycles. The fourth-order valence-electron chi connectivity index (χ4n) is 4.36. The number of nitrogens with two attached hydrogens (primary N) is 1. The summed E-state index contributed by atoms with van der Waals surface area (Å²) in [6.45, 7) is 1.42. The second kappa shape index (κ2) is 5.10. The molecular formula is C17H24N2OS. The zero-order chi connectivity index (χ0) is 14.4. The predicted molar refractivity (Wildman–Crippen MR) is 85.2 cm³/mol. The summed E-state index contributed by atoms with van der Waals surface area (Å²) >= 11 is 1.86. The highest BCUT2D eigenvalue weighted by atomic mass is 32.1. The van der Waals surface area contributed by atoms with Crippen molar-refractivity contribution in [2.45, 2.75) is 51.0 Å². The third-order valence-corrected chi connectivity index (χ3v) is 6.75. The van der Waals surface area contributed by atoms with E-state index < -0.39 is 0 Å². The SMILES string of the molecule is NCC1(C(=O)N2CCc3sccc3C2C2CC2)CCCC1. The van der Waals surface area contributed by atoms with Crippen LogP contribution >= 0.6 is 11.3 Å². The van der Waals surface area contributed by atoms with Gasteiger partial charge in [0, 0.05) is 18.0 Å². The lowest BCUT2D eigenvalue weighted by molar-refractivity contribution is -0.145. The molecule has 4 rings (SSSR count). The Morgan fingerprint density at radius 3 is 2.81 bits per heavy atom. The van der Waals surface area contributed by atoms with Crippen LogP contribution in [0.2, 0.25) is 0 Å². The largest absolute Gasteiger partial charge is 0.334 e. The van der Waals surface area contributed by atoms with E-state index in [2.05, 4.69) is 16.3 Å². The molecule has 1 aromatic heterocycles. The van der Waals surface area contributed by atoms with Gasteiger partial charge in [-0.15, -0.1) is 11.3 Å². The second-order valence-corrected chi connectivity index (χ2v) is 8.02. The van der Waals surface area contributed by atoms with E-state index in [9.17, 15) is 4.79 Å². The molecule has 0 radical (unpaired) electrons. The van der Waals surface area contributed by atoms with Gasteiger partial charge in [-0.1, -0.05) is 12.8 Å². The topological polar surface area (TPSA) is 46.3 Å². The minimum absolute atomic E-state index is 0.249. The van der Waals surface area contributed by atoms with Crippen molar-refractivity contribution in [1.29, 1.82) is 0 Å². The van der Waals surface area contributed by atoms with Crippen molar-refractivity contribution < 1.29 is 4.79 Å². The summed E-state index contributed by atoms with van der Waals surface area (Å²) in [5.41, 5.74) is 7.23. The molecule has 3 aliphatic rings. The average molecular weight is 304 g/mol. The first-order chi connectivity index (χ1) is 10.2.